The van der Waals surface area contributed by atoms with Gasteiger partial charge in [-0.15, -0.1) is 0 Å². The van der Waals surface area contributed by atoms with Crippen LogP contribution in [0, 0.1) is 0 Å². The van der Waals surface area contributed by atoms with E-state index in [1.54, 1.807) is 12.1 Å². The SMILES string of the molecule is O=C(Nc1ccc(CCCCC2(C(=O)NCC(F)(F)F)c3ccccc3-c3ccccc32)cc1)c1ccccc1. The van der Waals surface area contributed by atoms with Crippen LogP contribution in [0.4, 0.5) is 18.9 Å². The van der Waals surface area contributed by atoms with Gasteiger partial charge in [0, 0.05) is 11.3 Å². The highest BCUT2D eigenvalue weighted by Gasteiger charge is 2.49. The number of rotatable bonds is 9. The van der Waals surface area contributed by atoms with Gasteiger partial charge < -0.3 is 10.6 Å². The quantitative estimate of drug-likeness (QED) is 0.218. The summed E-state index contributed by atoms with van der Waals surface area (Å²) in [6, 6.07) is 31.5. The molecule has 204 valence electrons. The van der Waals surface area contributed by atoms with Gasteiger partial charge >= 0.3 is 6.18 Å². The topological polar surface area (TPSA) is 58.2 Å². The molecule has 2 amide bonds. The highest BCUT2D eigenvalue weighted by molar-refractivity contribution is 6.04. The van der Waals surface area contributed by atoms with Crippen molar-refractivity contribution >= 4 is 17.5 Å². The van der Waals surface area contributed by atoms with Crippen LogP contribution in [0.5, 0.6) is 0 Å². The molecular formula is C33H29F3N2O2. The summed E-state index contributed by atoms with van der Waals surface area (Å²) < 4.78 is 39.2. The number of hydrogen-bond donors (Lipinski definition) is 2. The molecule has 0 aliphatic heterocycles. The molecule has 4 aromatic rings. The molecule has 7 heteroatoms. The predicted molar refractivity (Wildman–Crippen MR) is 150 cm³/mol. The molecule has 0 atom stereocenters. The van der Waals surface area contributed by atoms with Crippen molar-refractivity contribution in [2.75, 3.05) is 11.9 Å². The fourth-order valence-electron chi connectivity index (χ4n) is 5.55. The first kappa shape index (κ1) is 27.2. The van der Waals surface area contributed by atoms with Crippen LogP contribution >= 0.6 is 0 Å². The van der Waals surface area contributed by atoms with E-state index in [2.05, 4.69) is 10.6 Å². The number of fused-ring (bicyclic) bond motifs is 3. The fraction of sp³-hybridized carbons (Fsp3) is 0.212. The van der Waals surface area contributed by atoms with Gasteiger partial charge in [-0.05, 0) is 71.3 Å². The van der Waals surface area contributed by atoms with Crippen molar-refractivity contribution in [3.63, 3.8) is 0 Å². The molecule has 1 aliphatic rings. The number of unbranched alkanes of at least 4 members (excludes halogenated alkanes) is 1. The monoisotopic (exact) mass is 542 g/mol. The molecule has 0 spiro atoms. The van der Waals surface area contributed by atoms with Crippen molar-refractivity contribution in [2.45, 2.75) is 37.3 Å². The summed E-state index contributed by atoms with van der Waals surface area (Å²) in [5.41, 5.74) is 4.40. The maximum Gasteiger partial charge on any atom is 0.405 e. The molecule has 0 fully saturated rings. The lowest BCUT2D eigenvalue weighted by atomic mass is 9.73. The minimum Gasteiger partial charge on any atom is -0.346 e. The van der Waals surface area contributed by atoms with E-state index in [1.165, 1.54) is 0 Å². The zero-order chi connectivity index (χ0) is 28.2. The van der Waals surface area contributed by atoms with Crippen molar-refractivity contribution in [3.05, 3.63) is 125 Å². The van der Waals surface area contributed by atoms with Gasteiger partial charge in [-0.3, -0.25) is 9.59 Å². The lowest BCUT2D eigenvalue weighted by molar-refractivity contribution is -0.141. The van der Waals surface area contributed by atoms with E-state index in [4.69, 9.17) is 0 Å². The number of carbonyl (C=O) groups excluding carboxylic acids is 2. The third-order valence-electron chi connectivity index (χ3n) is 7.42. The second-order valence-corrected chi connectivity index (χ2v) is 10.0. The van der Waals surface area contributed by atoms with E-state index in [0.29, 0.717) is 24.1 Å². The maximum absolute atomic E-state index is 13.6. The summed E-state index contributed by atoms with van der Waals surface area (Å²) in [6.07, 6.45) is -2.00. The highest BCUT2D eigenvalue weighted by atomic mass is 19.4. The number of amides is 2. The Morgan fingerprint density at radius 3 is 1.88 bits per heavy atom. The second-order valence-electron chi connectivity index (χ2n) is 10.0. The van der Waals surface area contributed by atoms with E-state index in [1.807, 2.05) is 91.0 Å². The van der Waals surface area contributed by atoms with Gasteiger partial charge in [-0.25, -0.2) is 0 Å². The van der Waals surface area contributed by atoms with E-state index in [-0.39, 0.29) is 5.91 Å². The third-order valence-corrected chi connectivity index (χ3v) is 7.42. The number of anilines is 1. The Kier molecular flexibility index (Phi) is 7.74. The molecule has 0 aromatic heterocycles. The number of nitrogens with one attached hydrogen (secondary N) is 2. The summed E-state index contributed by atoms with van der Waals surface area (Å²) in [5.74, 6) is -0.805. The van der Waals surface area contributed by atoms with E-state index in [0.717, 1.165) is 40.7 Å². The maximum atomic E-state index is 13.6. The van der Waals surface area contributed by atoms with Crippen LogP contribution in [0.2, 0.25) is 0 Å². The number of carbonyl (C=O) groups is 2. The number of benzene rings is 4. The zero-order valence-corrected chi connectivity index (χ0v) is 21.8. The van der Waals surface area contributed by atoms with Crippen LogP contribution < -0.4 is 10.6 Å². The smallest absolute Gasteiger partial charge is 0.346 e. The molecule has 4 aromatic carbocycles. The van der Waals surface area contributed by atoms with Crippen molar-refractivity contribution in [1.29, 1.82) is 0 Å². The number of aryl methyl sites for hydroxylation is 1. The molecule has 0 heterocycles. The van der Waals surface area contributed by atoms with Crippen molar-refractivity contribution in [1.82, 2.24) is 5.32 Å². The van der Waals surface area contributed by atoms with Gasteiger partial charge in [-0.1, -0.05) is 85.3 Å². The summed E-state index contributed by atoms with van der Waals surface area (Å²) in [5, 5.41) is 5.07. The molecule has 2 N–H and O–H groups in total. The van der Waals surface area contributed by atoms with Gasteiger partial charge in [0.05, 0.1) is 0 Å². The van der Waals surface area contributed by atoms with Gasteiger partial charge in [0.15, 0.2) is 0 Å². The van der Waals surface area contributed by atoms with Crippen LogP contribution in [-0.2, 0) is 16.6 Å². The number of hydrogen-bond acceptors (Lipinski definition) is 2. The average Bonchev–Trinajstić information content (AvgIpc) is 3.26. The Morgan fingerprint density at radius 2 is 1.27 bits per heavy atom. The summed E-state index contributed by atoms with van der Waals surface area (Å²) in [6.45, 7) is -1.37. The lowest BCUT2D eigenvalue weighted by Crippen LogP contribution is -2.47. The van der Waals surface area contributed by atoms with Crippen LogP contribution in [0.3, 0.4) is 0 Å². The first-order valence-electron chi connectivity index (χ1n) is 13.3. The Balaban J connectivity index is 1.29. The Bertz CT molecular complexity index is 1450. The van der Waals surface area contributed by atoms with Crippen molar-refractivity contribution in [3.8, 4) is 11.1 Å². The fourth-order valence-corrected chi connectivity index (χ4v) is 5.55. The molecule has 0 bridgehead atoms. The van der Waals surface area contributed by atoms with E-state index in [9.17, 15) is 22.8 Å². The first-order valence-corrected chi connectivity index (χ1v) is 13.3. The van der Waals surface area contributed by atoms with E-state index < -0.39 is 24.0 Å². The van der Waals surface area contributed by atoms with Crippen LogP contribution in [0.15, 0.2) is 103 Å². The van der Waals surface area contributed by atoms with Crippen molar-refractivity contribution in [2.24, 2.45) is 0 Å². The van der Waals surface area contributed by atoms with Crippen LogP contribution in [0.1, 0.15) is 46.3 Å². The predicted octanol–water partition coefficient (Wildman–Crippen LogP) is 7.30. The van der Waals surface area contributed by atoms with Gasteiger partial charge in [-0.2, -0.15) is 13.2 Å². The highest BCUT2D eigenvalue weighted by Crippen LogP contribution is 2.51. The van der Waals surface area contributed by atoms with Crippen LogP contribution in [0.25, 0.3) is 11.1 Å². The first-order chi connectivity index (χ1) is 19.3. The second kappa shape index (κ2) is 11.4. The minimum absolute atomic E-state index is 0.181. The molecule has 5 rings (SSSR count). The van der Waals surface area contributed by atoms with Crippen molar-refractivity contribution < 1.29 is 22.8 Å². The molecule has 0 saturated carbocycles. The lowest BCUT2D eigenvalue weighted by Gasteiger charge is -2.31. The summed E-state index contributed by atoms with van der Waals surface area (Å²) >= 11 is 0. The minimum atomic E-state index is -4.50. The summed E-state index contributed by atoms with van der Waals surface area (Å²) in [4.78, 5) is 26.0. The van der Waals surface area contributed by atoms with Gasteiger partial charge in [0.2, 0.25) is 5.91 Å². The van der Waals surface area contributed by atoms with E-state index >= 15 is 0 Å². The normalized spacial score (nSPS) is 13.3. The Morgan fingerprint density at radius 1 is 0.700 bits per heavy atom. The molecule has 4 nitrogen and oxygen atoms in total. The molecule has 40 heavy (non-hydrogen) atoms. The molecule has 1 aliphatic carbocycles. The van der Waals surface area contributed by atoms with Gasteiger partial charge in [0.1, 0.15) is 12.0 Å². The molecular weight excluding hydrogens is 513 g/mol. The number of halogens is 3. The average molecular weight is 543 g/mol. The molecule has 0 radical (unpaired) electrons. The standard InChI is InChI=1S/C33H29F3N2O2/c34-33(35,36)22-37-31(40)32(28-15-6-4-13-26(28)27-14-5-7-16-29(27)32)21-9-8-10-23-17-19-25(20-18-23)38-30(39)24-11-2-1-3-12-24/h1-7,11-20H,8-10,21-22H2,(H,37,40)(H,38,39). The Hall–Kier alpha value is -4.39. The molecule has 0 saturated heterocycles. The Labute approximate surface area is 231 Å². The van der Waals surface area contributed by atoms with Gasteiger partial charge in [0.25, 0.3) is 5.91 Å². The largest absolute Gasteiger partial charge is 0.405 e. The van der Waals surface area contributed by atoms with Crippen LogP contribution in [-0.4, -0.2) is 24.5 Å². The zero-order valence-electron chi connectivity index (χ0n) is 21.8. The molecule has 0 unspecified atom stereocenters. The number of alkyl halides is 3. The third kappa shape index (κ3) is 5.64. The summed E-state index contributed by atoms with van der Waals surface area (Å²) in [7, 11) is 0.